The molecule has 0 fully saturated rings. The summed E-state index contributed by atoms with van der Waals surface area (Å²) in [7, 11) is 0. The van der Waals surface area contributed by atoms with E-state index in [0.29, 0.717) is 18.5 Å². The number of hydrogen-bond donors (Lipinski definition) is 1. The molecule has 0 radical (unpaired) electrons. The van der Waals surface area contributed by atoms with Gasteiger partial charge in [-0.2, -0.15) is 0 Å². The maximum Gasteiger partial charge on any atom is 0.251 e. The fraction of sp³-hybridized carbons (Fsp3) is 0.250. The summed E-state index contributed by atoms with van der Waals surface area (Å²) in [5.74, 6) is 2.40. The Hall–Kier alpha value is -1.27. The van der Waals surface area contributed by atoms with Crippen molar-refractivity contribution in [1.29, 1.82) is 0 Å². The van der Waals surface area contributed by atoms with Gasteiger partial charge in [-0.05, 0) is 24.6 Å². The Morgan fingerprint density at radius 1 is 1.60 bits per heavy atom. The van der Waals surface area contributed by atoms with Crippen LogP contribution in [-0.4, -0.2) is 12.5 Å². The van der Waals surface area contributed by atoms with E-state index in [9.17, 15) is 4.79 Å². The lowest BCUT2D eigenvalue weighted by Crippen LogP contribution is -2.24. The van der Waals surface area contributed by atoms with Crippen LogP contribution in [0.4, 0.5) is 0 Å². The van der Waals surface area contributed by atoms with Gasteiger partial charge in [-0.15, -0.1) is 12.3 Å². The van der Waals surface area contributed by atoms with E-state index in [2.05, 4.69) is 27.2 Å². The first-order valence-corrected chi connectivity index (χ1v) is 5.43. The molecule has 0 aromatic heterocycles. The Morgan fingerprint density at radius 3 is 3.00 bits per heavy atom. The number of benzene rings is 1. The minimum absolute atomic E-state index is 0.0796. The van der Waals surface area contributed by atoms with Crippen LogP contribution >= 0.6 is 15.9 Å². The average Bonchev–Trinajstić information content (AvgIpc) is 2.22. The summed E-state index contributed by atoms with van der Waals surface area (Å²) in [5.41, 5.74) is 1.62. The monoisotopic (exact) mass is 265 g/mol. The minimum atomic E-state index is -0.0796. The first-order valence-electron chi connectivity index (χ1n) is 4.63. The fourth-order valence-electron chi connectivity index (χ4n) is 1.20. The lowest BCUT2D eigenvalue weighted by Gasteiger charge is -2.07. The quantitative estimate of drug-likeness (QED) is 0.661. The number of carbonyl (C=O) groups is 1. The first kappa shape index (κ1) is 11.8. The van der Waals surface area contributed by atoms with E-state index in [1.54, 1.807) is 6.07 Å². The van der Waals surface area contributed by atoms with Gasteiger partial charge < -0.3 is 5.32 Å². The molecule has 1 amide bonds. The van der Waals surface area contributed by atoms with Gasteiger partial charge in [0.2, 0.25) is 0 Å². The molecule has 3 heteroatoms. The highest BCUT2D eigenvalue weighted by Crippen LogP contribution is 2.19. The summed E-state index contributed by atoms with van der Waals surface area (Å²) in [4.78, 5) is 11.7. The Labute approximate surface area is 98.2 Å². The second-order valence-electron chi connectivity index (χ2n) is 3.12. The van der Waals surface area contributed by atoms with Gasteiger partial charge in [-0.1, -0.05) is 22.0 Å². The molecule has 1 N–H and O–H groups in total. The Kier molecular flexibility index (Phi) is 4.38. The zero-order chi connectivity index (χ0) is 11.3. The van der Waals surface area contributed by atoms with Crippen LogP contribution in [0.25, 0.3) is 0 Å². The normalized spacial score (nSPS) is 9.40. The molecule has 2 nitrogen and oxygen atoms in total. The van der Waals surface area contributed by atoms with Crippen molar-refractivity contribution in [3.63, 3.8) is 0 Å². The van der Waals surface area contributed by atoms with E-state index in [4.69, 9.17) is 6.42 Å². The van der Waals surface area contributed by atoms with Crippen molar-refractivity contribution in [3.05, 3.63) is 33.8 Å². The van der Waals surface area contributed by atoms with Crippen molar-refractivity contribution < 1.29 is 4.79 Å². The third-order valence-electron chi connectivity index (χ3n) is 2.07. The molecule has 0 atom stereocenters. The van der Waals surface area contributed by atoms with E-state index in [1.165, 1.54) is 0 Å². The summed E-state index contributed by atoms with van der Waals surface area (Å²) in [5, 5.41) is 2.77. The summed E-state index contributed by atoms with van der Waals surface area (Å²) >= 11 is 3.38. The van der Waals surface area contributed by atoms with Gasteiger partial charge in [-0.25, -0.2) is 0 Å². The highest BCUT2D eigenvalue weighted by molar-refractivity contribution is 9.10. The van der Waals surface area contributed by atoms with Crippen LogP contribution in [0.1, 0.15) is 22.3 Å². The number of halogens is 1. The maximum absolute atomic E-state index is 11.7. The third-order valence-corrected chi connectivity index (χ3v) is 2.93. The van der Waals surface area contributed by atoms with Gasteiger partial charge in [-0.3, -0.25) is 4.79 Å². The molecule has 15 heavy (non-hydrogen) atoms. The Bertz CT molecular complexity index is 407. The predicted octanol–water partition coefficient (Wildman–Crippen LogP) is 2.51. The molecular formula is C12H12BrNO. The molecule has 0 saturated heterocycles. The van der Waals surface area contributed by atoms with Gasteiger partial charge in [0.05, 0.1) is 0 Å². The van der Waals surface area contributed by atoms with Gasteiger partial charge in [0, 0.05) is 23.0 Å². The standard InChI is InChI=1S/C12H12BrNO/c1-3-4-8-14-12(15)10-6-5-7-11(13)9(10)2/h1,5-7H,4,8H2,2H3,(H,14,15). The lowest BCUT2D eigenvalue weighted by molar-refractivity contribution is 0.0954. The molecule has 0 heterocycles. The second-order valence-corrected chi connectivity index (χ2v) is 3.98. The molecular weight excluding hydrogens is 254 g/mol. The molecule has 78 valence electrons. The number of carbonyl (C=O) groups excluding carboxylic acids is 1. The summed E-state index contributed by atoms with van der Waals surface area (Å²) < 4.78 is 0.937. The van der Waals surface area contributed by atoms with Crippen molar-refractivity contribution in [1.82, 2.24) is 5.32 Å². The largest absolute Gasteiger partial charge is 0.351 e. The molecule has 0 unspecified atom stereocenters. The van der Waals surface area contributed by atoms with Gasteiger partial charge >= 0.3 is 0 Å². The molecule has 0 spiro atoms. The molecule has 0 bridgehead atoms. The number of nitrogens with one attached hydrogen (secondary N) is 1. The van der Waals surface area contributed by atoms with Crippen molar-refractivity contribution in [2.24, 2.45) is 0 Å². The zero-order valence-electron chi connectivity index (χ0n) is 8.51. The number of rotatable bonds is 3. The van der Waals surface area contributed by atoms with Crippen molar-refractivity contribution in [3.8, 4) is 12.3 Å². The van der Waals surface area contributed by atoms with Crippen LogP contribution < -0.4 is 5.32 Å². The molecule has 1 aromatic rings. The number of amides is 1. The third kappa shape index (κ3) is 3.10. The van der Waals surface area contributed by atoms with Crippen LogP contribution in [0.2, 0.25) is 0 Å². The van der Waals surface area contributed by atoms with Crippen LogP contribution in [0.15, 0.2) is 22.7 Å². The smallest absolute Gasteiger partial charge is 0.251 e. The van der Waals surface area contributed by atoms with Crippen LogP contribution in [-0.2, 0) is 0 Å². The molecule has 1 rings (SSSR count). The highest BCUT2D eigenvalue weighted by Gasteiger charge is 2.09. The average molecular weight is 266 g/mol. The van der Waals surface area contributed by atoms with E-state index < -0.39 is 0 Å². The van der Waals surface area contributed by atoms with E-state index >= 15 is 0 Å². The van der Waals surface area contributed by atoms with Crippen molar-refractivity contribution in [2.75, 3.05) is 6.54 Å². The summed E-state index contributed by atoms with van der Waals surface area (Å²) in [6.07, 6.45) is 5.65. The molecule has 0 saturated carbocycles. The second kappa shape index (κ2) is 5.57. The van der Waals surface area contributed by atoms with Crippen LogP contribution in [0, 0.1) is 19.3 Å². The van der Waals surface area contributed by atoms with Gasteiger partial charge in [0.25, 0.3) is 5.91 Å². The molecule has 0 aliphatic rings. The predicted molar refractivity (Wildman–Crippen MR) is 64.7 cm³/mol. The topological polar surface area (TPSA) is 29.1 Å². The zero-order valence-corrected chi connectivity index (χ0v) is 10.1. The summed E-state index contributed by atoms with van der Waals surface area (Å²) in [6.45, 7) is 2.42. The molecule has 0 aliphatic carbocycles. The number of terminal acetylenes is 1. The Morgan fingerprint density at radius 2 is 2.33 bits per heavy atom. The van der Waals surface area contributed by atoms with Crippen LogP contribution in [0.5, 0.6) is 0 Å². The van der Waals surface area contributed by atoms with Crippen LogP contribution in [0.3, 0.4) is 0 Å². The SMILES string of the molecule is C#CCCNC(=O)c1cccc(Br)c1C. The van der Waals surface area contributed by atoms with Crippen molar-refractivity contribution in [2.45, 2.75) is 13.3 Å². The highest BCUT2D eigenvalue weighted by atomic mass is 79.9. The molecule has 1 aromatic carbocycles. The number of hydrogen-bond acceptors (Lipinski definition) is 1. The van der Waals surface area contributed by atoms with Crippen molar-refractivity contribution >= 4 is 21.8 Å². The molecule has 0 aliphatic heterocycles. The van der Waals surface area contributed by atoms with Gasteiger partial charge in [0.1, 0.15) is 0 Å². The van der Waals surface area contributed by atoms with E-state index in [-0.39, 0.29) is 5.91 Å². The Balaban J connectivity index is 2.75. The first-order chi connectivity index (χ1) is 7.16. The maximum atomic E-state index is 11.7. The minimum Gasteiger partial charge on any atom is -0.351 e. The fourth-order valence-corrected chi connectivity index (χ4v) is 1.56. The van der Waals surface area contributed by atoms with Gasteiger partial charge in [0.15, 0.2) is 0 Å². The summed E-state index contributed by atoms with van der Waals surface area (Å²) in [6, 6.07) is 5.55. The van der Waals surface area contributed by atoms with E-state index in [0.717, 1.165) is 10.0 Å². The van der Waals surface area contributed by atoms with E-state index in [1.807, 2.05) is 19.1 Å². The lowest BCUT2D eigenvalue weighted by atomic mass is 10.1.